The zero-order valence-electron chi connectivity index (χ0n) is 81.2. The van der Waals surface area contributed by atoms with Crippen molar-refractivity contribution in [3.8, 4) is 6.07 Å². The third-order valence-corrected chi connectivity index (χ3v) is 19.8. The summed E-state index contributed by atoms with van der Waals surface area (Å²) in [6.45, 7) is 29.2. The Morgan fingerprint density at radius 3 is 0.932 bits per heavy atom. The number of hydrogen-bond donors (Lipinski definition) is 31. The maximum atomic E-state index is 11.7. The van der Waals surface area contributed by atoms with Crippen LogP contribution in [0.3, 0.4) is 0 Å². The number of hydrogen-bond acceptors (Lipinski definition) is 35. The molecule has 0 saturated heterocycles. The Morgan fingerprint density at radius 2 is 0.684 bits per heavy atom. The number of rotatable bonds is 54. The molecule has 0 aliphatic heterocycles. The first-order valence-corrected chi connectivity index (χ1v) is 46.2. The van der Waals surface area contributed by atoms with Crippen molar-refractivity contribution < 1.29 is 202 Å². The molecule has 0 spiro atoms. The third kappa shape index (κ3) is 76.5. The average molecular weight is 2020 g/mol. The smallest absolute Gasteiger partial charge is 0.469 e. The topological polar surface area (TPSA) is 853 Å². The molecule has 0 bridgehead atoms. The molecule has 0 heterocycles. The number of primary amides is 1. The summed E-state index contributed by atoms with van der Waals surface area (Å²) in [5.41, 5.74) is -2.42. The van der Waals surface area contributed by atoms with E-state index in [1.54, 1.807) is 69.2 Å². The largest absolute Gasteiger partial charge is 1.00 e. The number of nitrogens with two attached hydrogens (primary N) is 1. The Balaban J connectivity index is -0.000000189. The molecule has 0 aromatic carbocycles. The fraction of sp³-hybridized carbons (Fsp3) is 0.859. The van der Waals surface area contributed by atoms with Gasteiger partial charge in [0.1, 0.15) is 55.4 Å². The molecule has 8 unspecified atom stereocenters. The minimum Gasteiger partial charge on any atom is -1.00 e. The van der Waals surface area contributed by atoms with Crippen LogP contribution in [0.4, 0.5) is 0 Å². The number of amides is 10. The van der Waals surface area contributed by atoms with Gasteiger partial charge in [-0.05, 0) is 34.4 Å². The van der Waals surface area contributed by atoms with E-state index in [2.05, 4.69) is 77.7 Å². The normalized spacial score (nSPS) is 13.8. The summed E-state index contributed by atoms with van der Waals surface area (Å²) in [4.78, 5) is 149. The van der Waals surface area contributed by atoms with Crippen molar-refractivity contribution in [2.45, 2.75) is 205 Å². The Morgan fingerprint density at radius 1 is 0.421 bits per heavy atom. The SMILES string of the molecule is CC(C)(CO)C(O)C(=O)NCCC#N.CC(C)(CO)C(O)C(=O)NCCC(N)=O.CC(C)(CO)C(O)C(=O)NCCCOCC[N+](C)(C)C.CC(C)(CO)C(O)C(=O)NCCOP(=O)(O)O.CC(C)(CO)C(O)C(=O)NCCOS(=O)(=O)O.CC(C)(CO)C(O)C(=O)NCCP(=O)(O)O.CC(C)NC(=O)CCNC(=O)C(O)C(C)(C)CO.CN(C)CCNC(=O)C(O)C(C)(C)CO.[Cl-]. The Hall–Kier alpha value is -6.15. The van der Waals surface area contributed by atoms with Crippen molar-refractivity contribution in [2.75, 3.05) is 186 Å². The van der Waals surface area contributed by atoms with Crippen LogP contribution in [0.5, 0.6) is 0 Å². The number of nitrogens with one attached hydrogen (secondary N) is 9. The van der Waals surface area contributed by atoms with Crippen molar-refractivity contribution in [3.05, 3.63) is 0 Å². The van der Waals surface area contributed by atoms with Gasteiger partial charge in [-0.2, -0.15) is 13.7 Å². The van der Waals surface area contributed by atoms with Crippen LogP contribution >= 0.6 is 15.4 Å². The summed E-state index contributed by atoms with van der Waals surface area (Å²) < 4.78 is 63.7. The number of ether oxygens (including phenoxy) is 1. The van der Waals surface area contributed by atoms with Crippen LogP contribution in [0.25, 0.3) is 0 Å². The van der Waals surface area contributed by atoms with Gasteiger partial charge < -0.3 is 181 Å². The zero-order chi connectivity index (χ0) is 106. The summed E-state index contributed by atoms with van der Waals surface area (Å²) >= 11 is 0. The number of carbonyl (C=O) groups excluding carboxylic acids is 10. The van der Waals surface area contributed by atoms with Gasteiger partial charge in [-0.3, -0.25) is 61.6 Å². The molecule has 0 aromatic heterocycles. The number of nitriles is 1. The van der Waals surface area contributed by atoms with Crippen LogP contribution in [0.2, 0.25) is 0 Å². The van der Waals surface area contributed by atoms with E-state index in [9.17, 15) is 106 Å². The molecule has 0 rings (SSSR count). The predicted octanol–water partition coefficient (Wildman–Crippen LogP) is -11.7. The standard InChI is InChI=1S/C14H30N2O4.C12H24N2O4.C10H22N2O3.C9H18N2O4.C9H16N2O3.C8H18NO7P.C8H17NO7S.C8H18NO6P.ClH/c1-14(2,11-17)12(18)13(19)15-7-6-9-20-10-8-16(3,4)5;1-8(2)14-9(16)5-6-13-11(18)10(17)12(3,4)7-15;1-10(2,7-13)8(14)9(15)11-5-6-12(3)4;1-9(2,5-12)7(14)8(15)11-4-3-6(10)13;1-9(2,6-12)7(13)8(14)11-5-3-4-10;2*1-8(2,5-10)6(11)7(12)9-3-4-16-17(13,14)15;1-8(2,5-10)6(11)7(12)9-3-4-16(13,14)15;/h12,17-18H,6-11H2,1-5H3;8,10,15,17H,5-7H2,1-4H3,(H,13,18)(H,14,16);8,13-14H,5-7H2,1-4H3,(H,11,15);7,12,14H,3-5H2,1-2H3,(H2,10,13)(H,11,15);7,12-13H,3,5-6H2,1-2H3,(H,11,14);6,10-11H,3-5H2,1-2H3,(H,9,12)(H2,13,14,15);6,10-11H,3-5H2,1-2H3,(H,9,12)(H,13,14,15);6,10-11H,3-5H2,1-2H3,(H,9,12)(H2,13,14,15);1H. The van der Waals surface area contributed by atoms with E-state index in [1.807, 2.05) is 38.9 Å². The fourth-order valence-electron chi connectivity index (χ4n) is 7.76. The molecular formula is C78H164ClN13O38P2S. The Labute approximate surface area is 787 Å². The number of likely N-dealkylation sites (N-methyl/N-ethyl adjacent to an activating group) is 2. The molecule has 32 N–H and O–H groups in total. The molecule has 55 heteroatoms. The summed E-state index contributed by atoms with van der Waals surface area (Å²) in [7, 11) is -3.09. The highest BCUT2D eigenvalue weighted by atomic mass is 35.5. The van der Waals surface area contributed by atoms with Crippen LogP contribution < -0.4 is 66.0 Å². The number of nitrogens with zero attached hydrogens (tertiary/aromatic N) is 3. The number of halogens is 1. The zero-order valence-corrected chi connectivity index (χ0v) is 84.6. The number of aliphatic hydroxyl groups excluding tert-OH is 16. The number of phosphoric acid groups is 1. The maximum absolute atomic E-state index is 11.7. The van der Waals surface area contributed by atoms with Crippen molar-refractivity contribution in [1.29, 1.82) is 5.26 Å². The number of carbonyl (C=O) groups is 10. The highest BCUT2D eigenvalue weighted by Crippen LogP contribution is 2.35. The highest BCUT2D eigenvalue weighted by molar-refractivity contribution is 7.80. The molecule has 10 amide bonds. The third-order valence-electron chi connectivity index (χ3n) is 18.0. The van der Waals surface area contributed by atoms with E-state index in [4.69, 9.17) is 80.7 Å². The second kappa shape index (κ2) is 71.3. The van der Waals surface area contributed by atoms with Crippen LogP contribution in [-0.2, 0) is 80.9 Å². The van der Waals surface area contributed by atoms with Gasteiger partial charge in [0.25, 0.3) is 0 Å². The number of quaternary nitrogens is 1. The number of aliphatic hydroxyl groups is 16. The maximum Gasteiger partial charge on any atom is 0.469 e. The molecule has 0 fully saturated rings. The Kier molecular flexibility index (Phi) is 77.6. The van der Waals surface area contributed by atoms with Gasteiger partial charge in [-0.25, -0.2) is 8.75 Å². The first kappa shape index (κ1) is 145. The van der Waals surface area contributed by atoms with E-state index >= 15 is 0 Å². The first-order valence-electron chi connectivity index (χ1n) is 41.5. The average Bonchev–Trinajstić information content (AvgIpc) is 0.890. The minimum absolute atomic E-state index is 0. The first-order chi connectivity index (χ1) is 59.7. The van der Waals surface area contributed by atoms with E-state index in [-0.39, 0.29) is 142 Å². The Bertz CT molecular complexity index is 3550. The molecule has 792 valence electrons. The molecule has 0 saturated carbocycles. The van der Waals surface area contributed by atoms with Crippen LogP contribution in [0.15, 0.2) is 0 Å². The van der Waals surface area contributed by atoms with Crippen molar-refractivity contribution >= 4 is 84.9 Å². The molecule has 133 heavy (non-hydrogen) atoms. The van der Waals surface area contributed by atoms with Gasteiger partial charge in [0.05, 0.1) is 112 Å². The molecule has 0 aliphatic rings. The predicted molar refractivity (Wildman–Crippen MR) is 480 cm³/mol. The van der Waals surface area contributed by atoms with Crippen LogP contribution in [-0.4, -0.2) is 424 Å². The molecule has 0 aromatic rings. The van der Waals surface area contributed by atoms with Crippen LogP contribution in [0, 0.1) is 54.7 Å². The van der Waals surface area contributed by atoms with Gasteiger partial charge in [-0.15, -0.1) is 0 Å². The monoisotopic (exact) mass is 2020 g/mol. The van der Waals surface area contributed by atoms with Crippen LogP contribution in [0.1, 0.15) is 150 Å². The van der Waals surface area contributed by atoms with Crippen molar-refractivity contribution in [2.24, 2.45) is 49.1 Å². The van der Waals surface area contributed by atoms with E-state index < -0.39 is 184 Å². The molecule has 51 nitrogen and oxygen atoms in total. The second-order valence-corrected chi connectivity index (χ2v) is 41.2. The molecule has 0 aliphatic carbocycles. The quantitative estimate of drug-likeness (QED) is 0.0116. The minimum atomic E-state index is -4.54. The van der Waals surface area contributed by atoms with E-state index in [0.717, 1.165) is 17.6 Å². The summed E-state index contributed by atoms with van der Waals surface area (Å²) in [6.07, 6.45) is -9.89. The lowest BCUT2D eigenvalue weighted by molar-refractivity contribution is -0.870. The van der Waals surface area contributed by atoms with Gasteiger partial charge in [0, 0.05) is 128 Å². The number of phosphoric ester groups is 1. The van der Waals surface area contributed by atoms with Crippen molar-refractivity contribution in [1.82, 2.24) is 52.8 Å². The van der Waals surface area contributed by atoms with E-state index in [1.165, 1.54) is 41.5 Å². The lowest BCUT2D eigenvalue weighted by Crippen LogP contribution is -3.00. The molecular weight excluding hydrogens is 1860 g/mol. The van der Waals surface area contributed by atoms with Gasteiger partial charge in [0.15, 0.2) is 0 Å². The van der Waals surface area contributed by atoms with E-state index in [0.29, 0.717) is 32.7 Å². The lowest BCUT2D eigenvalue weighted by atomic mass is 9.87. The summed E-state index contributed by atoms with van der Waals surface area (Å²) in [5.74, 6) is -5.56. The fourth-order valence-corrected chi connectivity index (χ4v) is 8.79. The molecule has 8 atom stereocenters. The molecule has 0 radical (unpaired) electrons. The second-order valence-electron chi connectivity index (χ2n) is 37.1. The van der Waals surface area contributed by atoms with Gasteiger partial charge >= 0.3 is 25.8 Å². The summed E-state index contributed by atoms with van der Waals surface area (Å²) in [5, 5.41) is 178. The summed E-state index contributed by atoms with van der Waals surface area (Å²) in [6, 6.07) is 1.93. The highest BCUT2D eigenvalue weighted by Gasteiger charge is 2.39. The van der Waals surface area contributed by atoms with Gasteiger partial charge in [-0.1, -0.05) is 111 Å². The van der Waals surface area contributed by atoms with Crippen molar-refractivity contribution in [3.63, 3.8) is 0 Å². The van der Waals surface area contributed by atoms with Gasteiger partial charge in [0.2, 0.25) is 59.1 Å². The lowest BCUT2D eigenvalue weighted by Gasteiger charge is -2.27.